The van der Waals surface area contributed by atoms with Gasteiger partial charge in [0.25, 0.3) is 0 Å². The Hall–Kier alpha value is -1.69. The van der Waals surface area contributed by atoms with Gasteiger partial charge in [0, 0.05) is 12.1 Å². The minimum atomic E-state index is 0.143. The highest BCUT2D eigenvalue weighted by Crippen LogP contribution is 2.12. The molecule has 0 aliphatic carbocycles. The van der Waals surface area contributed by atoms with Gasteiger partial charge in [-0.05, 0) is 37.6 Å². The van der Waals surface area contributed by atoms with E-state index in [-0.39, 0.29) is 5.54 Å². The molecule has 0 radical (unpaired) electrons. The summed E-state index contributed by atoms with van der Waals surface area (Å²) in [5.41, 5.74) is 0.143. The van der Waals surface area contributed by atoms with Crippen LogP contribution in [0.1, 0.15) is 27.2 Å². The summed E-state index contributed by atoms with van der Waals surface area (Å²) in [5, 5.41) is 15.7. The molecular weight excluding hydrogens is 230 g/mol. The van der Waals surface area contributed by atoms with Crippen molar-refractivity contribution in [3.05, 3.63) is 18.4 Å². The Balaban J connectivity index is 1.88. The zero-order chi connectivity index (χ0) is 13.0. The van der Waals surface area contributed by atoms with Gasteiger partial charge in [-0.15, -0.1) is 10.2 Å². The molecule has 0 saturated heterocycles. The third-order valence-electron chi connectivity index (χ3n) is 2.99. The molecule has 0 aliphatic rings. The van der Waals surface area contributed by atoms with Gasteiger partial charge in [0.2, 0.25) is 5.82 Å². The van der Waals surface area contributed by atoms with Crippen molar-refractivity contribution in [2.24, 2.45) is 0 Å². The predicted molar refractivity (Wildman–Crippen MR) is 67.9 cm³/mol. The first kappa shape index (κ1) is 12.8. The fraction of sp³-hybridized carbons (Fsp3) is 0.583. The van der Waals surface area contributed by atoms with Crippen molar-refractivity contribution < 1.29 is 4.42 Å². The smallest absolute Gasteiger partial charge is 0.240 e. The molecule has 6 heteroatoms. The Bertz CT molecular complexity index is 474. The summed E-state index contributed by atoms with van der Waals surface area (Å²) in [6.45, 7) is 8.02. The highest BCUT2D eigenvalue weighted by molar-refractivity contribution is 5.43. The summed E-state index contributed by atoms with van der Waals surface area (Å²) >= 11 is 0. The number of hydrogen-bond donors (Lipinski definition) is 1. The molecule has 2 heterocycles. The van der Waals surface area contributed by atoms with Crippen molar-refractivity contribution in [2.45, 2.75) is 39.3 Å². The Morgan fingerprint density at radius 1 is 1.44 bits per heavy atom. The van der Waals surface area contributed by atoms with E-state index in [0.717, 1.165) is 13.0 Å². The van der Waals surface area contributed by atoms with E-state index < -0.39 is 0 Å². The minimum Gasteiger partial charge on any atom is -0.461 e. The first-order chi connectivity index (χ1) is 8.61. The number of tetrazole rings is 1. The summed E-state index contributed by atoms with van der Waals surface area (Å²) in [6.07, 6.45) is 2.68. The molecule has 0 fully saturated rings. The number of aromatic nitrogens is 4. The summed E-state index contributed by atoms with van der Waals surface area (Å²) in [7, 11) is 0. The molecule has 2 aromatic rings. The second-order valence-corrected chi connectivity index (χ2v) is 4.85. The lowest BCUT2D eigenvalue weighted by molar-refractivity contribution is 0.354. The molecule has 18 heavy (non-hydrogen) atoms. The second-order valence-electron chi connectivity index (χ2n) is 4.85. The number of nitrogens with one attached hydrogen (secondary N) is 1. The van der Waals surface area contributed by atoms with Crippen LogP contribution in [0.15, 0.2) is 22.8 Å². The van der Waals surface area contributed by atoms with Crippen LogP contribution in [0.4, 0.5) is 0 Å². The lowest BCUT2D eigenvalue weighted by Crippen LogP contribution is -2.40. The maximum Gasteiger partial charge on any atom is 0.240 e. The first-order valence-corrected chi connectivity index (χ1v) is 6.17. The van der Waals surface area contributed by atoms with E-state index in [1.54, 1.807) is 17.1 Å². The molecule has 0 unspecified atom stereocenters. The van der Waals surface area contributed by atoms with Crippen molar-refractivity contribution in [2.75, 3.05) is 6.54 Å². The Kier molecular flexibility index (Phi) is 3.76. The third kappa shape index (κ3) is 3.16. The Morgan fingerprint density at radius 2 is 2.28 bits per heavy atom. The molecule has 6 nitrogen and oxygen atoms in total. The molecular formula is C12H19N5O. The topological polar surface area (TPSA) is 68.8 Å². The monoisotopic (exact) mass is 249 g/mol. The van der Waals surface area contributed by atoms with Gasteiger partial charge in [0.15, 0.2) is 5.76 Å². The lowest BCUT2D eigenvalue weighted by Gasteiger charge is -2.24. The number of furan rings is 1. The average Bonchev–Trinajstić information content (AvgIpc) is 2.98. The van der Waals surface area contributed by atoms with Crippen LogP contribution in [-0.2, 0) is 6.54 Å². The number of nitrogens with zero attached hydrogens (tertiary/aromatic N) is 4. The van der Waals surface area contributed by atoms with Crippen LogP contribution in [-0.4, -0.2) is 32.3 Å². The summed E-state index contributed by atoms with van der Waals surface area (Å²) in [4.78, 5) is 1.58. The molecule has 0 amide bonds. The second kappa shape index (κ2) is 5.30. The molecule has 2 rings (SSSR count). The van der Waals surface area contributed by atoms with Gasteiger partial charge in [-0.1, -0.05) is 6.92 Å². The lowest BCUT2D eigenvalue weighted by atomic mass is 10.0. The molecule has 2 aromatic heterocycles. The highest BCUT2D eigenvalue weighted by atomic mass is 16.3. The van der Waals surface area contributed by atoms with Crippen molar-refractivity contribution in [3.63, 3.8) is 0 Å². The van der Waals surface area contributed by atoms with E-state index in [0.29, 0.717) is 18.1 Å². The predicted octanol–water partition coefficient (Wildman–Crippen LogP) is 1.71. The summed E-state index contributed by atoms with van der Waals surface area (Å²) in [6, 6.07) is 3.63. The quantitative estimate of drug-likeness (QED) is 0.844. The molecule has 0 spiro atoms. The van der Waals surface area contributed by atoms with E-state index in [2.05, 4.69) is 41.5 Å². The van der Waals surface area contributed by atoms with Crippen LogP contribution < -0.4 is 5.32 Å². The molecule has 0 saturated carbocycles. The molecule has 0 aliphatic heterocycles. The van der Waals surface area contributed by atoms with E-state index in [1.807, 2.05) is 6.07 Å². The van der Waals surface area contributed by atoms with Gasteiger partial charge in [-0.3, -0.25) is 0 Å². The summed E-state index contributed by atoms with van der Waals surface area (Å²) < 4.78 is 5.22. The fourth-order valence-corrected chi connectivity index (χ4v) is 1.46. The van der Waals surface area contributed by atoms with E-state index in [1.165, 1.54) is 0 Å². The van der Waals surface area contributed by atoms with Crippen molar-refractivity contribution in [3.8, 4) is 11.6 Å². The minimum absolute atomic E-state index is 0.143. The van der Waals surface area contributed by atoms with E-state index in [9.17, 15) is 0 Å². The van der Waals surface area contributed by atoms with Gasteiger partial charge in [-0.25, -0.2) is 0 Å². The summed E-state index contributed by atoms with van der Waals surface area (Å²) in [5.74, 6) is 1.16. The van der Waals surface area contributed by atoms with E-state index in [4.69, 9.17) is 4.42 Å². The standard InChI is InChI=1S/C12H19N5O/c1-4-12(2,3)13-7-8-17-15-11(14-16-17)10-6-5-9-18-10/h5-6,9,13H,4,7-8H2,1-3H3. The van der Waals surface area contributed by atoms with Crippen molar-refractivity contribution in [1.82, 2.24) is 25.5 Å². The number of hydrogen-bond acceptors (Lipinski definition) is 5. The van der Waals surface area contributed by atoms with Gasteiger partial charge < -0.3 is 9.73 Å². The number of rotatable bonds is 6. The van der Waals surface area contributed by atoms with Crippen molar-refractivity contribution >= 4 is 0 Å². The first-order valence-electron chi connectivity index (χ1n) is 6.17. The SMILES string of the molecule is CCC(C)(C)NCCn1nnc(-c2ccco2)n1. The third-order valence-corrected chi connectivity index (χ3v) is 2.99. The fourth-order valence-electron chi connectivity index (χ4n) is 1.46. The van der Waals surface area contributed by atoms with Gasteiger partial charge >= 0.3 is 0 Å². The maximum absolute atomic E-state index is 5.22. The van der Waals surface area contributed by atoms with Crippen LogP contribution in [0.25, 0.3) is 11.6 Å². The molecule has 98 valence electrons. The van der Waals surface area contributed by atoms with Gasteiger partial charge in [0.05, 0.1) is 12.8 Å². The maximum atomic E-state index is 5.22. The van der Waals surface area contributed by atoms with Crippen LogP contribution in [0.5, 0.6) is 0 Å². The zero-order valence-corrected chi connectivity index (χ0v) is 11.1. The van der Waals surface area contributed by atoms with Gasteiger partial charge in [0.1, 0.15) is 0 Å². The van der Waals surface area contributed by atoms with Crippen LogP contribution >= 0.6 is 0 Å². The Morgan fingerprint density at radius 3 is 2.94 bits per heavy atom. The molecule has 0 bridgehead atoms. The normalized spacial score (nSPS) is 11.9. The van der Waals surface area contributed by atoms with Crippen molar-refractivity contribution in [1.29, 1.82) is 0 Å². The van der Waals surface area contributed by atoms with Gasteiger partial charge in [-0.2, -0.15) is 4.80 Å². The van der Waals surface area contributed by atoms with Crippen LogP contribution in [0, 0.1) is 0 Å². The molecule has 1 N–H and O–H groups in total. The van der Waals surface area contributed by atoms with Crippen LogP contribution in [0.2, 0.25) is 0 Å². The van der Waals surface area contributed by atoms with E-state index >= 15 is 0 Å². The largest absolute Gasteiger partial charge is 0.461 e. The Labute approximate surface area is 106 Å². The molecule has 0 atom stereocenters. The van der Waals surface area contributed by atoms with Crippen LogP contribution in [0.3, 0.4) is 0 Å². The molecule has 0 aromatic carbocycles. The highest BCUT2D eigenvalue weighted by Gasteiger charge is 2.13. The zero-order valence-electron chi connectivity index (χ0n) is 11.1. The average molecular weight is 249 g/mol.